The van der Waals surface area contributed by atoms with Crippen molar-refractivity contribution in [1.29, 1.82) is 5.26 Å². The number of ether oxygens (including phenoxy) is 2. The van der Waals surface area contributed by atoms with Crippen LogP contribution in [0.15, 0.2) is 30.5 Å². The second-order valence-corrected chi connectivity index (χ2v) is 7.78. The van der Waals surface area contributed by atoms with Crippen molar-refractivity contribution in [3.8, 4) is 11.9 Å². The van der Waals surface area contributed by atoms with Crippen molar-refractivity contribution in [1.82, 2.24) is 9.97 Å². The minimum Gasteiger partial charge on any atom is -0.475 e. The highest BCUT2D eigenvalue weighted by Crippen LogP contribution is 2.29. The molecule has 0 atom stereocenters. The second-order valence-electron chi connectivity index (χ2n) is 7.78. The summed E-state index contributed by atoms with van der Waals surface area (Å²) >= 11 is 0. The molecule has 4 rings (SSSR count). The molecule has 158 valence electrons. The van der Waals surface area contributed by atoms with E-state index < -0.39 is 5.82 Å². The lowest BCUT2D eigenvalue weighted by molar-refractivity contribution is 0.122. The maximum absolute atomic E-state index is 14.1. The molecule has 0 bridgehead atoms. The fourth-order valence-corrected chi connectivity index (χ4v) is 3.87. The summed E-state index contributed by atoms with van der Waals surface area (Å²) in [5.41, 5.74) is 1.96. The van der Waals surface area contributed by atoms with Gasteiger partial charge in [-0.25, -0.2) is 4.98 Å². The van der Waals surface area contributed by atoms with Gasteiger partial charge in [-0.15, -0.1) is 0 Å². The number of aromatic nitrogens is 2. The van der Waals surface area contributed by atoms with Crippen LogP contribution < -0.4 is 15.0 Å². The molecule has 1 aliphatic carbocycles. The van der Waals surface area contributed by atoms with Crippen molar-refractivity contribution in [2.45, 2.75) is 25.7 Å². The van der Waals surface area contributed by atoms with E-state index >= 15 is 0 Å². The number of nitrogens with one attached hydrogen (secondary N) is 1. The molecule has 1 aromatic heterocycles. The zero-order valence-electron chi connectivity index (χ0n) is 16.9. The van der Waals surface area contributed by atoms with Crippen molar-refractivity contribution in [2.75, 3.05) is 43.1 Å². The van der Waals surface area contributed by atoms with Crippen molar-refractivity contribution in [3.63, 3.8) is 0 Å². The molecule has 8 heteroatoms. The van der Waals surface area contributed by atoms with Crippen LogP contribution in [0.2, 0.25) is 0 Å². The van der Waals surface area contributed by atoms with Crippen LogP contribution in [-0.2, 0) is 4.74 Å². The highest BCUT2D eigenvalue weighted by Gasteiger charge is 2.22. The number of nitrogens with zero attached hydrogens (tertiary/aromatic N) is 4. The van der Waals surface area contributed by atoms with E-state index in [9.17, 15) is 4.39 Å². The summed E-state index contributed by atoms with van der Waals surface area (Å²) in [6.07, 6.45) is 4.73. The molecule has 0 spiro atoms. The Bertz CT molecular complexity index is 872. The Labute approximate surface area is 175 Å². The smallest absolute Gasteiger partial charge is 0.255 e. The zero-order valence-corrected chi connectivity index (χ0v) is 16.9. The number of morpholine rings is 1. The minimum atomic E-state index is -0.575. The molecule has 1 saturated heterocycles. The lowest BCUT2D eigenvalue weighted by atomic mass is 9.83. The topological polar surface area (TPSA) is 83.3 Å². The molecule has 2 heterocycles. The lowest BCUT2D eigenvalue weighted by Gasteiger charge is -2.28. The first-order chi connectivity index (χ1) is 14.7. The summed E-state index contributed by atoms with van der Waals surface area (Å²) in [6.45, 7) is 3.65. The van der Waals surface area contributed by atoms with Gasteiger partial charge in [-0.1, -0.05) is 0 Å². The van der Waals surface area contributed by atoms with Gasteiger partial charge in [0.25, 0.3) is 5.88 Å². The third-order valence-corrected chi connectivity index (χ3v) is 5.70. The predicted molar refractivity (Wildman–Crippen MR) is 111 cm³/mol. The van der Waals surface area contributed by atoms with Gasteiger partial charge in [0.15, 0.2) is 0 Å². The number of halogens is 1. The summed E-state index contributed by atoms with van der Waals surface area (Å²) in [5, 5.41) is 12.1. The van der Waals surface area contributed by atoms with Gasteiger partial charge >= 0.3 is 0 Å². The summed E-state index contributed by atoms with van der Waals surface area (Å²) < 4.78 is 25.1. The van der Waals surface area contributed by atoms with E-state index in [0.29, 0.717) is 18.5 Å². The van der Waals surface area contributed by atoms with Gasteiger partial charge in [0.2, 0.25) is 11.8 Å². The number of benzene rings is 1. The Hall–Kier alpha value is -2.92. The van der Waals surface area contributed by atoms with E-state index in [1.165, 1.54) is 0 Å². The minimum absolute atomic E-state index is 0.0418. The molecular weight excluding hydrogens is 385 g/mol. The molecule has 2 aliphatic rings. The van der Waals surface area contributed by atoms with E-state index in [0.717, 1.165) is 69.6 Å². The van der Waals surface area contributed by atoms with Gasteiger partial charge in [0.1, 0.15) is 0 Å². The summed E-state index contributed by atoms with van der Waals surface area (Å²) in [6, 6.07) is 10.3. The normalized spacial score (nSPS) is 21.7. The Morgan fingerprint density at radius 2 is 1.90 bits per heavy atom. The lowest BCUT2D eigenvalue weighted by Crippen LogP contribution is -2.36. The van der Waals surface area contributed by atoms with Crippen molar-refractivity contribution in [3.05, 3.63) is 36.3 Å². The molecule has 0 unspecified atom stereocenters. The van der Waals surface area contributed by atoms with Gasteiger partial charge in [0, 0.05) is 30.4 Å². The molecule has 1 N–H and O–H groups in total. The summed E-state index contributed by atoms with van der Waals surface area (Å²) in [7, 11) is 0. The monoisotopic (exact) mass is 411 g/mol. The second kappa shape index (κ2) is 9.72. The maximum atomic E-state index is 14.1. The van der Waals surface area contributed by atoms with Gasteiger partial charge in [-0.05, 0) is 55.9 Å². The first kappa shape index (κ1) is 20.4. The molecule has 1 aromatic carbocycles. The number of nitriles is 1. The number of anilines is 3. The quantitative estimate of drug-likeness (QED) is 0.772. The molecule has 2 fully saturated rings. The van der Waals surface area contributed by atoms with Crippen LogP contribution in [0.5, 0.6) is 5.88 Å². The molecule has 1 aliphatic heterocycles. The average Bonchev–Trinajstić information content (AvgIpc) is 2.81. The van der Waals surface area contributed by atoms with E-state index in [1.807, 2.05) is 24.3 Å². The molecule has 0 radical (unpaired) electrons. The Balaban J connectivity index is 1.34. The summed E-state index contributed by atoms with van der Waals surface area (Å²) in [4.78, 5) is 10.5. The Morgan fingerprint density at radius 3 is 2.60 bits per heavy atom. The maximum Gasteiger partial charge on any atom is 0.255 e. The van der Waals surface area contributed by atoms with Gasteiger partial charge < -0.3 is 19.7 Å². The van der Waals surface area contributed by atoms with Crippen LogP contribution >= 0.6 is 0 Å². The zero-order chi connectivity index (χ0) is 20.8. The van der Waals surface area contributed by atoms with Crippen LogP contribution in [0.3, 0.4) is 0 Å². The van der Waals surface area contributed by atoms with Gasteiger partial charge in [0.05, 0.1) is 32.1 Å². The largest absolute Gasteiger partial charge is 0.475 e. The Morgan fingerprint density at radius 1 is 1.17 bits per heavy atom. The van der Waals surface area contributed by atoms with Gasteiger partial charge in [-0.2, -0.15) is 14.6 Å². The van der Waals surface area contributed by atoms with Crippen LogP contribution in [-0.4, -0.2) is 42.9 Å². The molecule has 2 aromatic rings. The molecule has 30 heavy (non-hydrogen) atoms. The van der Waals surface area contributed by atoms with E-state index in [1.54, 1.807) is 0 Å². The van der Waals surface area contributed by atoms with Crippen LogP contribution in [0.4, 0.5) is 21.7 Å². The third kappa shape index (κ3) is 5.16. The molecular formula is C22H26FN5O2. The first-order valence-electron chi connectivity index (χ1n) is 10.5. The number of hydrogen-bond donors (Lipinski definition) is 1. The first-order valence-corrected chi connectivity index (χ1v) is 10.5. The molecule has 0 amide bonds. The Kier molecular flexibility index (Phi) is 6.60. The van der Waals surface area contributed by atoms with Crippen LogP contribution in [0.1, 0.15) is 25.7 Å². The molecule has 1 saturated carbocycles. The fraction of sp³-hybridized carbons (Fsp3) is 0.500. The highest BCUT2D eigenvalue weighted by atomic mass is 19.1. The molecule has 7 nitrogen and oxygen atoms in total. The fourth-order valence-electron chi connectivity index (χ4n) is 3.87. The van der Waals surface area contributed by atoms with Crippen molar-refractivity contribution >= 4 is 17.3 Å². The third-order valence-electron chi connectivity index (χ3n) is 5.70. The average molecular weight is 411 g/mol. The highest BCUT2D eigenvalue weighted by molar-refractivity contribution is 5.59. The summed E-state index contributed by atoms with van der Waals surface area (Å²) in [5.74, 6) is 0.142. The van der Waals surface area contributed by atoms with E-state index in [-0.39, 0.29) is 11.8 Å². The SMILES string of the molecule is N#CC1CCC(COc2nc(Nc3ccc(N4CCOCC4)cc3)ncc2F)CC1. The van der Waals surface area contributed by atoms with Gasteiger partial charge in [-0.3, -0.25) is 0 Å². The van der Waals surface area contributed by atoms with E-state index in [2.05, 4.69) is 26.3 Å². The number of rotatable bonds is 6. The van der Waals surface area contributed by atoms with Crippen LogP contribution in [0, 0.1) is 29.0 Å². The standard InChI is InChI=1S/C22H26FN5O2/c23-20-14-25-22(27-21(20)30-15-17-3-1-16(13-24)2-4-17)26-18-5-7-19(8-6-18)28-9-11-29-12-10-28/h5-8,14,16-17H,1-4,9-12,15H2,(H,25,26,27). The van der Waals surface area contributed by atoms with Crippen molar-refractivity contribution < 1.29 is 13.9 Å². The predicted octanol–water partition coefficient (Wildman–Crippen LogP) is 3.90. The van der Waals surface area contributed by atoms with E-state index in [4.69, 9.17) is 14.7 Å². The van der Waals surface area contributed by atoms with Crippen LogP contribution in [0.25, 0.3) is 0 Å². The van der Waals surface area contributed by atoms with Crippen molar-refractivity contribution in [2.24, 2.45) is 11.8 Å². The number of hydrogen-bond acceptors (Lipinski definition) is 7.